The molecule has 1 aliphatic carbocycles. The first-order valence-corrected chi connectivity index (χ1v) is 4.34. The van der Waals surface area contributed by atoms with E-state index in [2.05, 4.69) is 36.5 Å². The summed E-state index contributed by atoms with van der Waals surface area (Å²) in [5.74, 6) is 1.14. The standard InChI is InChI=1S/C9H8S.ClH/c1-2-4-8-6-7-10-9(8)5-3-1;/h1-6H,7H2;1H. The van der Waals surface area contributed by atoms with Crippen LogP contribution in [0.25, 0.3) is 0 Å². The fraction of sp³-hybridized carbons (Fsp3) is 0.111. The SMILES string of the molecule is C1=CC=C2SCC=C2C=C1.Cl. The van der Waals surface area contributed by atoms with Gasteiger partial charge in [-0.3, -0.25) is 0 Å². The minimum absolute atomic E-state index is 0. The van der Waals surface area contributed by atoms with Crippen LogP contribution in [-0.2, 0) is 0 Å². The Kier molecular flexibility index (Phi) is 3.03. The summed E-state index contributed by atoms with van der Waals surface area (Å²) in [4.78, 5) is 1.41. The molecule has 11 heavy (non-hydrogen) atoms. The molecule has 0 atom stereocenters. The molecule has 58 valence electrons. The minimum atomic E-state index is 0. The third-order valence-corrected chi connectivity index (χ3v) is 2.59. The molecule has 0 unspecified atom stereocenters. The van der Waals surface area contributed by atoms with Crippen molar-refractivity contribution in [3.8, 4) is 0 Å². The molecule has 2 heteroatoms. The molecule has 0 nitrogen and oxygen atoms in total. The molecule has 0 aromatic heterocycles. The molecule has 0 aromatic carbocycles. The highest BCUT2D eigenvalue weighted by Gasteiger charge is 2.08. The normalized spacial score (nSPS) is 19.6. The van der Waals surface area contributed by atoms with Gasteiger partial charge in [0.2, 0.25) is 0 Å². The maximum atomic E-state index is 2.26. The van der Waals surface area contributed by atoms with Crippen molar-refractivity contribution in [1.29, 1.82) is 0 Å². The lowest BCUT2D eigenvalue weighted by molar-refractivity contribution is 1.66. The molecule has 1 heterocycles. The van der Waals surface area contributed by atoms with Crippen molar-refractivity contribution in [2.45, 2.75) is 0 Å². The average molecular weight is 185 g/mol. The number of halogens is 1. The Bertz CT molecular complexity index is 259. The Morgan fingerprint density at radius 3 is 3.00 bits per heavy atom. The molecule has 0 saturated heterocycles. The molecular weight excluding hydrogens is 176 g/mol. The van der Waals surface area contributed by atoms with Crippen molar-refractivity contribution >= 4 is 24.2 Å². The van der Waals surface area contributed by atoms with Crippen molar-refractivity contribution in [2.24, 2.45) is 0 Å². The summed E-state index contributed by atoms with van der Waals surface area (Å²) in [5.41, 5.74) is 1.38. The zero-order valence-electron chi connectivity index (χ0n) is 5.99. The van der Waals surface area contributed by atoms with E-state index in [1.165, 1.54) is 10.5 Å². The predicted octanol–water partition coefficient (Wildman–Crippen LogP) is 3.09. The molecule has 0 bridgehead atoms. The van der Waals surface area contributed by atoms with Gasteiger partial charge in [-0.1, -0.05) is 30.4 Å². The number of thioether (sulfide) groups is 1. The van der Waals surface area contributed by atoms with Crippen LogP contribution in [0.5, 0.6) is 0 Å². The van der Waals surface area contributed by atoms with Gasteiger partial charge in [0.25, 0.3) is 0 Å². The molecule has 0 spiro atoms. The second-order valence-electron chi connectivity index (χ2n) is 2.25. The number of hydrogen-bond donors (Lipinski definition) is 0. The van der Waals surface area contributed by atoms with E-state index in [0.717, 1.165) is 5.75 Å². The largest absolute Gasteiger partial charge is 0.147 e. The second-order valence-corrected chi connectivity index (χ2v) is 3.31. The first-order valence-electron chi connectivity index (χ1n) is 3.35. The molecule has 0 saturated carbocycles. The number of rotatable bonds is 0. The van der Waals surface area contributed by atoms with Crippen LogP contribution >= 0.6 is 24.2 Å². The van der Waals surface area contributed by atoms with Gasteiger partial charge in [-0.05, 0) is 11.6 Å². The van der Waals surface area contributed by atoms with Crippen LogP contribution in [0, 0.1) is 0 Å². The maximum absolute atomic E-state index is 2.26. The van der Waals surface area contributed by atoms with E-state index in [1.807, 2.05) is 11.8 Å². The molecule has 1 aliphatic heterocycles. The van der Waals surface area contributed by atoms with Crippen LogP contribution in [-0.4, -0.2) is 5.75 Å². The highest BCUT2D eigenvalue weighted by molar-refractivity contribution is 8.03. The topological polar surface area (TPSA) is 0 Å². The molecule has 2 rings (SSSR count). The summed E-state index contributed by atoms with van der Waals surface area (Å²) in [6.45, 7) is 0. The smallest absolute Gasteiger partial charge is 0.0170 e. The predicted molar refractivity (Wildman–Crippen MR) is 54.2 cm³/mol. The molecule has 0 amide bonds. The minimum Gasteiger partial charge on any atom is -0.147 e. The maximum Gasteiger partial charge on any atom is 0.0170 e. The molecule has 0 aromatic rings. The van der Waals surface area contributed by atoms with Crippen LogP contribution in [0.2, 0.25) is 0 Å². The highest BCUT2D eigenvalue weighted by atomic mass is 35.5. The van der Waals surface area contributed by atoms with Gasteiger partial charge < -0.3 is 0 Å². The Morgan fingerprint density at radius 1 is 1.18 bits per heavy atom. The lowest BCUT2D eigenvalue weighted by atomic mass is 10.2. The van der Waals surface area contributed by atoms with Crippen LogP contribution in [0.15, 0.2) is 46.9 Å². The Balaban J connectivity index is 0.000000605. The third kappa shape index (κ3) is 1.79. The Morgan fingerprint density at radius 2 is 2.09 bits per heavy atom. The Labute approximate surface area is 77.2 Å². The Hall–Kier alpha value is -0.400. The average Bonchev–Trinajstić information content (AvgIpc) is 2.28. The van der Waals surface area contributed by atoms with Crippen molar-refractivity contribution in [2.75, 3.05) is 5.75 Å². The van der Waals surface area contributed by atoms with Gasteiger partial charge in [0.15, 0.2) is 0 Å². The molecule has 0 N–H and O–H groups in total. The zero-order chi connectivity index (χ0) is 6.81. The van der Waals surface area contributed by atoms with E-state index in [0.29, 0.717) is 0 Å². The quantitative estimate of drug-likeness (QED) is 0.558. The summed E-state index contributed by atoms with van der Waals surface area (Å²) < 4.78 is 0. The van der Waals surface area contributed by atoms with Crippen molar-refractivity contribution in [1.82, 2.24) is 0 Å². The summed E-state index contributed by atoms with van der Waals surface area (Å²) in [7, 11) is 0. The van der Waals surface area contributed by atoms with E-state index in [-0.39, 0.29) is 12.4 Å². The third-order valence-electron chi connectivity index (χ3n) is 1.57. The first-order chi connectivity index (χ1) is 4.97. The van der Waals surface area contributed by atoms with Gasteiger partial charge in [-0.15, -0.1) is 24.2 Å². The molecule has 0 radical (unpaired) electrons. The van der Waals surface area contributed by atoms with Crippen LogP contribution < -0.4 is 0 Å². The van der Waals surface area contributed by atoms with Gasteiger partial charge in [0, 0.05) is 10.7 Å². The highest BCUT2D eigenvalue weighted by Crippen LogP contribution is 2.32. The number of allylic oxidation sites excluding steroid dienone is 6. The monoisotopic (exact) mass is 184 g/mol. The summed E-state index contributed by atoms with van der Waals surface area (Å²) in [6, 6.07) is 0. The van der Waals surface area contributed by atoms with E-state index in [1.54, 1.807) is 0 Å². The van der Waals surface area contributed by atoms with Gasteiger partial charge in [-0.2, -0.15) is 0 Å². The van der Waals surface area contributed by atoms with E-state index in [4.69, 9.17) is 0 Å². The number of fused-ring (bicyclic) bond motifs is 1. The fourth-order valence-electron chi connectivity index (χ4n) is 1.07. The van der Waals surface area contributed by atoms with Crippen molar-refractivity contribution in [3.05, 3.63) is 46.9 Å². The van der Waals surface area contributed by atoms with Crippen LogP contribution in [0.1, 0.15) is 0 Å². The van der Waals surface area contributed by atoms with Gasteiger partial charge in [-0.25, -0.2) is 0 Å². The van der Waals surface area contributed by atoms with E-state index in [9.17, 15) is 0 Å². The van der Waals surface area contributed by atoms with Crippen LogP contribution in [0.3, 0.4) is 0 Å². The fourth-order valence-corrected chi connectivity index (χ4v) is 2.00. The van der Waals surface area contributed by atoms with Crippen LogP contribution in [0.4, 0.5) is 0 Å². The lowest BCUT2D eigenvalue weighted by Crippen LogP contribution is -1.70. The summed E-state index contributed by atoms with van der Waals surface area (Å²) in [6.07, 6.45) is 12.8. The number of hydrogen-bond acceptors (Lipinski definition) is 1. The van der Waals surface area contributed by atoms with E-state index >= 15 is 0 Å². The summed E-state index contributed by atoms with van der Waals surface area (Å²) >= 11 is 1.91. The summed E-state index contributed by atoms with van der Waals surface area (Å²) in [5, 5.41) is 0. The van der Waals surface area contributed by atoms with Gasteiger partial charge >= 0.3 is 0 Å². The lowest BCUT2D eigenvalue weighted by Gasteiger charge is -1.93. The molecule has 0 fully saturated rings. The van der Waals surface area contributed by atoms with Gasteiger partial charge in [0.05, 0.1) is 0 Å². The molecular formula is C9H9ClS. The van der Waals surface area contributed by atoms with Crippen molar-refractivity contribution < 1.29 is 0 Å². The first kappa shape index (κ1) is 8.69. The van der Waals surface area contributed by atoms with E-state index < -0.39 is 0 Å². The zero-order valence-corrected chi connectivity index (χ0v) is 7.62. The van der Waals surface area contributed by atoms with Gasteiger partial charge in [0.1, 0.15) is 0 Å². The van der Waals surface area contributed by atoms with Crippen molar-refractivity contribution in [3.63, 3.8) is 0 Å². The second kappa shape index (κ2) is 3.84. The molecule has 2 aliphatic rings.